The van der Waals surface area contributed by atoms with Gasteiger partial charge in [-0.3, -0.25) is 9.69 Å². The Bertz CT molecular complexity index is 1210. The first kappa shape index (κ1) is 34.7. The fraction of sp³-hybridized carbons (Fsp3) is 0.611. The number of hydrogen-bond donors (Lipinski definition) is 3. The Balaban J connectivity index is 1.56. The highest BCUT2D eigenvalue weighted by molar-refractivity contribution is 5.99. The maximum atomic E-state index is 14.3. The molecule has 1 saturated carbocycles. The number of benzene rings is 2. The number of aliphatic hydroxyl groups is 1. The number of aliphatic hydroxyl groups excluding tert-OH is 1. The van der Waals surface area contributed by atoms with Crippen molar-refractivity contribution >= 4 is 17.6 Å². The zero-order chi connectivity index (χ0) is 32.2. The second-order valence-corrected chi connectivity index (χ2v) is 13.1. The number of anilines is 1. The number of amides is 3. The van der Waals surface area contributed by atoms with Crippen LogP contribution < -0.4 is 15.4 Å². The molecule has 2 aliphatic rings. The van der Waals surface area contributed by atoms with E-state index in [1.54, 1.807) is 23.1 Å². The standard InChI is InChI=1S/C36H54N4O5/c1-26-22-40(27(2)25-41)35(42)32-21-31(38-36(43)37-30-16-9-6-10-17-30)18-19-33(32)45-28(3)13-11-12-20-44-34(26)24-39(4)23-29-14-7-5-8-15-29/h5,7-8,14-15,18-19,21,26-28,30,34,41H,6,9-13,16-17,20,22-25H2,1-4H3,(H2,37,38,43)/t26-,27-,28+,34+/m0/s1. The molecule has 9 heteroatoms. The second kappa shape index (κ2) is 17.5. The number of carbonyl (C=O) groups is 2. The van der Waals surface area contributed by atoms with Crippen LogP contribution in [-0.2, 0) is 11.3 Å². The Morgan fingerprint density at radius 2 is 1.78 bits per heavy atom. The molecule has 0 aromatic heterocycles. The van der Waals surface area contributed by atoms with Crippen LogP contribution in [0.25, 0.3) is 0 Å². The van der Waals surface area contributed by atoms with Gasteiger partial charge >= 0.3 is 6.03 Å². The Morgan fingerprint density at radius 1 is 1.04 bits per heavy atom. The van der Waals surface area contributed by atoms with E-state index in [1.165, 1.54) is 12.0 Å². The highest BCUT2D eigenvalue weighted by Crippen LogP contribution is 2.29. The number of fused-ring (bicyclic) bond motifs is 1. The Hall–Kier alpha value is -3.14. The smallest absolute Gasteiger partial charge is 0.319 e. The molecular formula is C36H54N4O5. The van der Waals surface area contributed by atoms with Crippen molar-refractivity contribution in [2.45, 2.75) is 103 Å². The first-order chi connectivity index (χ1) is 21.7. The van der Waals surface area contributed by atoms with Gasteiger partial charge in [0.05, 0.1) is 30.4 Å². The lowest BCUT2D eigenvalue weighted by Crippen LogP contribution is -2.47. The monoisotopic (exact) mass is 622 g/mol. The zero-order valence-corrected chi connectivity index (χ0v) is 27.7. The quantitative estimate of drug-likeness (QED) is 0.330. The number of hydrogen-bond acceptors (Lipinski definition) is 6. The first-order valence-corrected chi connectivity index (χ1v) is 16.9. The van der Waals surface area contributed by atoms with Crippen LogP contribution in [0.1, 0.15) is 88.1 Å². The summed E-state index contributed by atoms with van der Waals surface area (Å²) in [6.45, 7) is 8.37. The van der Waals surface area contributed by atoms with Gasteiger partial charge in [0, 0.05) is 43.9 Å². The van der Waals surface area contributed by atoms with Crippen molar-refractivity contribution in [2.24, 2.45) is 5.92 Å². The molecule has 1 aliphatic heterocycles. The maximum absolute atomic E-state index is 14.3. The normalized spacial score (nSPS) is 23.0. The van der Waals surface area contributed by atoms with Crippen LogP contribution in [0.5, 0.6) is 5.75 Å². The minimum Gasteiger partial charge on any atom is -0.490 e. The largest absolute Gasteiger partial charge is 0.490 e. The molecule has 0 unspecified atom stereocenters. The summed E-state index contributed by atoms with van der Waals surface area (Å²) in [5.41, 5.74) is 2.14. The average molecular weight is 623 g/mol. The maximum Gasteiger partial charge on any atom is 0.319 e. The van der Waals surface area contributed by atoms with Crippen molar-refractivity contribution in [1.82, 2.24) is 15.1 Å². The third-order valence-corrected chi connectivity index (χ3v) is 9.04. The summed E-state index contributed by atoms with van der Waals surface area (Å²) in [5.74, 6) is 0.242. The molecule has 3 N–H and O–H groups in total. The molecule has 3 amide bonds. The van der Waals surface area contributed by atoms with Crippen LogP contribution in [0.2, 0.25) is 0 Å². The number of carbonyl (C=O) groups excluding carboxylic acids is 2. The number of ether oxygens (including phenoxy) is 2. The summed E-state index contributed by atoms with van der Waals surface area (Å²) < 4.78 is 12.8. The molecule has 2 aromatic carbocycles. The molecule has 0 saturated heterocycles. The van der Waals surface area contributed by atoms with Crippen molar-refractivity contribution in [3.63, 3.8) is 0 Å². The van der Waals surface area contributed by atoms with Crippen molar-refractivity contribution < 1.29 is 24.2 Å². The van der Waals surface area contributed by atoms with Gasteiger partial charge in [0.2, 0.25) is 0 Å². The van der Waals surface area contributed by atoms with Gasteiger partial charge in [0.25, 0.3) is 5.91 Å². The topological polar surface area (TPSA) is 103 Å². The highest BCUT2D eigenvalue weighted by atomic mass is 16.5. The Labute approximate surface area is 269 Å². The Morgan fingerprint density at radius 3 is 2.51 bits per heavy atom. The molecule has 2 aromatic rings. The predicted octanol–water partition coefficient (Wildman–Crippen LogP) is 6.07. The summed E-state index contributed by atoms with van der Waals surface area (Å²) in [4.78, 5) is 31.2. The van der Waals surface area contributed by atoms with Gasteiger partial charge in [-0.15, -0.1) is 0 Å². The van der Waals surface area contributed by atoms with Crippen molar-refractivity contribution in [3.05, 3.63) is 59.7 Å². The van der Waals surface area contributed by atoms with Gasteiger partial charge in [0.1, 0.15) is 5.75 Å². The molecule has 0 bridgehead atoms. The molecule has 0 radical (unpaired) electrons. The molecule has 4 atom stereocenters. The molecule has 0 spiro atoms. The minimum absolute atomic E-state index is 0.00464. The van der Waals surface area contributed by atoms with Crippen LogP contribution in [0.15, 0.2) is 48.5 Å². The molecule has 4 rings (SSSR count). The van der Waals surface area contributed by atoms with E-state index < -0.39 is 6.04 Å². The summed E-state index contributed by atoms with van der Waals surface area (Å²) in [6.07, 6.45) is 7.91. The van der Waals surface area contributed by atoms with Gasteiger partial charge in [-0.05, 0) is 76.8 Å². The van der Waals surface area contributed by atoms with Crippen LogP contribution in [0.4, 0.5) is 10.5 Å². The van der Waals surface area contributed by atoms with Gasteiger partial charge in [0.15, 0.2) is 0 Å². The van der Waals surface area contributed by atoms with E-state index in [9.17, 15) is 14.7 Å². The molecule has 1 heterocycles. The summed E-state index contributed by atoms with van der Waals surface area (Å²) in [6, 6.07) is 15.1. The SMILES string of the molecule is C[C@@H]1CCCCO[C@H](CN(C)Cc2ccccc2)[C@@H](C)CN([C@@H](C)CO)C(=O)c2cc(NC(=O)NC3CCCCC3)ccc2O1. The number of rotatable bonds is 8. The Kier molecular flexibility index (Phi) is 13.5. The van der Waals surface area contributed by atoms with E-state index in [1.807, 2.05) is 19.9 Å². The third kappa shape index (κ3) is 10.7. The lowest BCUT2D eigenvalue weighted by atomic mass is 9.96. The highest BCUT2D eigenvalue weighted by Gasteiger charge is 2.30. The number of nitrogens with one attached hydrogen (secondary N) is 2. The van der Waals surface area contributed by atoms with E-state index in [4.69, 9.17) is 9.47 Å². The lowest BCUT2D eigenvalue weighted by molar-refractivity contribution is -0.0177. The second-order valence-electron chi connectivity index (χ2n) is 13.1. The van der Waals surface area contributed by atoms with Crippen LogP contribution >= 0.6 is 0 Å². The van der Waals surface area contributed by atoms with Crippen molar-refractivity contribution in [3.8, 4) is 5.75 Å². The number of urea groups is 1. The summed E-state index contributed by atoms with van der Waals surface area (Å²) in [5, 5.41) is 16.3. The van der Waals surface area contributed by atoms with Crippen LogP contribution in [0, 0.1) is 5.92 Å². The van der Waals surface area contributed by atoms with Gasteiger partial charge in [-0.1, -0.05) is 56.5 Å². The molecule has 248 valence electrons. The van der Waals surface area contributed by atoms with E-state index in [0.29, 0.717) is 36.7 Å². The predicted molar refractivity (Wildman–Crippen MR) is 179 cm³/mol. The number of nitrogens with zero attached hydrogens (tertiary/aromatic N) is 2. The van der Waals surface area contributed by atoms with E-state index >= 15 is 0 Å². The summed E-state index contributed by atoms with van der Waals surface area (Å²) >= 11 is 0. The summed E-state index contributed by atoms with van der Waals surface area (Å²) in [7, 11) is 2.10. The minimum atomic E-state index is -0.424. The van der Waals surface area contributed by atoms with E-state index in [2.05, 4.69) is 53.8 Å². The van der Waals surface area contributed by atoms with Gasteiger partial charge in [-0.2, -0.15) is 0 Å². The van der Waals surface area contributed by atoms with E-state index in [0.717, 1.165) is 51.5 Å². The van der Waals surface area contributed by atoms with Crippen LogP contribution in [-0.4, -0.2) is 84.5 Å². The van der Waals surface area contributed by atoms with E-state index in [-0.39, 0.29) is 42.7 Å². The molecule has 9 nitrogen and oxygen atoms in total. The van der Waals surface area contributed by atoms with Crippen molar-refractivity contribution in [2.75, 3.05) is 38.7 Å². The first-order valence-electron chi connectivity index (χ1n) is 16.9. The average Bonchev–Trinajstić information content (AvgIpc) is 3.03. The van der Waals surface area contributed by atoms with Crippen molar-refractivity contribution in [1.29, 1.82) is 0 Å². The van der Waals surface area contributed by atoms with Gasteiger partial charge in [-0.25, -0.2) is 4.79 Å². The zero-order valence-electron chi connectivity index (χ0n) is 27.7. The molecule has 1 aliphatic carbocycles. The molecule has 45 heavy (non-hydrogen) atoms. The molecule has 1 fully saturated rings. The third-order valence-electron chi connectivity index (χ3n) is 9.04. The number of likely N-dealkylation sites (N-methyl/N-ethyl adjacent to an activating group) is 1. The fourth-order valence-electron chi connectivity index (χ4n) is 6.33. The fourth-order valence-corrected chi connectivity index (χ4v) is 6.33. The van der Waals surface area contributed by atoms with Crippen LogP contribution in [0.3, 0.4) is 0 Å². The molecular weight excluding hydrogens is 568 g/mol. The van der Waals surface area contributed by atoms with Gasteiger partial charge < -0.3 is 30.1 Å². The lowest BCUT2D eigenvalue weighted by Gasteiger charge is -2.36.